The number of hydrazone groups is 1. The molecule has 0 fully saturated rings. The van der Waals surface area contributed by atoms with Crippen LogP contribution in [-0.2, 0) is 4.79 Å². The topological polar surface area (TPSA) is 120 Å². The highest BCUT2D eigenvalue weighted by atomic mass is 16.6. The van der Waals surface area contributed by atoms with Crippen molar-refractivity contribution < 1.29 is 18.9 Å². The van der Waals surface area contributed by atoms with Crippen molar-refractivity contribution in [1.29, 1.82) is 0 Å². The maximum absolute atomic E-state index is 12.3. The summed E-state index contributed by atoms with van der Waals surface area (Å²) in [5.74, 6) is 1.00. The van der Waals surface area contributed by atoms with Crippen LogP contribution in [0.3, 0.4) is 0 Å². The highest BCUT2D eigenvalue weighted by molar-refractivity contribution is 5.86. The zero-order valence-corrected chi connectivity index (χ0v) is 17.0. The summed E-state index contributed by atoms with van der Waals surface area (Å²) in [6.07, 6.45) is 2.23. The van der Waals surface area contributed by atoms with E-state index >= 15 is 0 Å². The van der Waals surface area contributed by atoms with Gasteiger partial charge in [-0.25, -0.2) is 5.43 Å². The monoisotopic (exact) mass is 430 g/mol. The molecule has 1 amide bonds. The average Bonchev–Trinajstić information content (AvgIpc) is 3.28. The van der Waals surface area contributed by atoms with E-state index < -0.39 is 16.9 Å². The number of non-ortho nitro benzene ring substituents is 1. The first-order chi connectivity index (χ1) is 15.5. The molecular weight excluding hydrogens is 412 g/mol. The van der Waals surface area contributed by atoms with Crippen LogP contribution in [-0.4, -0.2) is 28.1 Å². The Kier molecular flexibility index (Phi) is 5.89. The van der Waals surface area contributed by atoms with Crippen molar-refractivity contribution in [2.24, 2.45) is 5.10 Å². The van der Waals surface area contributed by atoms with E-state index in [0.717, 1.165) is 5.39 Å². The quantitative estimate of drug-likeness (QED) is 0.265. The number of carbonyl (C=O) groups is 1. The van der Waals surface area contributed by atoms with Crippen LogP contribution in [0.4, 0.5) is 5.69 Å². The van der Waals surface area contributed by atoms with Gasteiger partial charge in [-0.3, -0.25) is 19.9 Å². The van der Waals surface area contributed by atoms with Crippen LogP contribution in [0.15, 0.2) is 82.4 Å². The van der Waals surface area contributed by atoms with Crippen LogP contribution in [0.1, 0.15) is 12.7 Å². The average molecular weight is 430 g/mol. The minimum atomic E-state index is -0.799. The Morgan fingerprint density at radius 1 is 1.16 bits per heavy atom. The van der Waals surface area contributed by atoms with Gasteiger partial charge < -0.3 is 9.15 Å². The number of nitro groups is 1. The largest absolute Gasteiger partial charge is 0.479 e. The molecule has 0 spiro atoms. The van der Waals surface area contributed by atoms with E-state index in [0.29, 0.717) is 28.4 Å². The first-order valence-corrected chi connectivity index (χ1v) is 9.69. The molecule has 0 radical (unpaired) electrons. The number of nitro benzene ring substituents is 1. The highest BCUT2D eigenvalue weighted by Crippen LogP contribution is 2.25. The standard InChI is InChI=1S/C23H18N4O5/c1-15(31-21-6-2-4-17-5-3-13-24-22(17)21)23(28)26-25-14-19-11-12-20(32-19)16-7-9-18(10-8-16)27(29)30/h2-15H,1H3,(H,26,28)/b25-14-/t15-/m0/s1. The second-order valence-electron chi connectivity index (χ2n) is 6.83. The number of furan rings is 1. The molecule has 2 heterocycles. The summed E-state index contributed by atoms with van der Waals surface area (Å²) < 4.78 is 11.4. The van der Waals surface area contributed by atoms with Gasteiger partial charge in [-0.15, -0.1) is 0 Å². The van der Waals surface area contributed by atoms with Crippen molar-refractivity contribution >= 4 is 28.7 Å². The van der Waals surface area contributed by atoms with Gasteiger partial charge in [0.25, 0.3) is 11.6 Å². The molecule has 0 bridgehead atoms. The number of carbonyl (C=O) groups excluding carboxylic acids is 1. The lowest BCUT2D eigenvalue weighted by atomic mass is 10.1. The van der Waals surface area contributed by atoms with Crippen molar-refractivity contribution in [2.45, 2.75) is 13.0 Å². The van der Waals surface area contributed by atoms with Crippen LogP contribution in [0.2, 0.25) is 0 Å². The zero-order chi connectivity index (χ0) is 22.5. The maximum Gasteiger partial charge on any atom is 0.280 e. The van der Waals surface area contributed by atoms with E-state index in [1.165, 1.54) is 18.3 Å². The Morgan fingerprint density at radius 3 is 2.72 bits per heavy atom. The smallest absolute Gasteiger partial charge is 0.280 e. The molecular formula is C23H18N4O5. The second kappa shape index (κ2) is 9.09. The molecule has 1 atom stereocenters. The summed E-state index contributed by atoms with van der Waals surface area (Å²) in [5, 5.41) is 15.6. The molecule has 4 rings (SSSR count). The van der Waals surface area contributed by atoms with Gasteiger partial charge in [-0.2, -0.15) is 5.10 Å². The highest BCUT2D eigenvalue weighted by Gasteiger charge is 2.16. The number of nitrogens with zero attached hydrogens (tertiary/aromatic N) is 3. The van der Waals surface area contributed by atoms with Gasteiger partial charge in [-0.05, 0) is 43.3 Å². The number of nitrogens with one attached hydrogen (secondary N) is 1. The van der Waals surface area contributed by atoms with E-state index in [-0.39, 0.29) is 5.69 Å². The number of benzene rings is 2. The SMILES string of the molecule is C[C@H](Oc1cccc2cccnc12)C(=O)N/N=C\c1ccc(-c2ccc([N+](=O)[O-])cc2)o1. The predicted octanol–water partition coefficient (Wildman–Crippen LogP) is 4.32. The lowest BCUT2D eigenvalue weighted by Gasteiger charge is -2.14. The number of hydrogen-bond acceptors (Lipinski definition) is 7. The molecule has 0 aliphatic rings. The van der Waals surface area contributed by atoms with Gasteiger partial charge >= 0.3 is 0 Å². The van der Waals surface area contributed by atoms with Crippen LogP contribution in [0.5, 0.6) is 5.75 Å². The van der Waals surface area contributed by atoms with Gasteiger partial charge in [0, 0.05) is 29.3 Å². The number of para-hydroxylation sites is 1. The molecule has 9 nitrogen and oxygen atoms in total. The summed E-state index contributed by atoms with van der Waals surface area (Å²) in [6.45, 7) is 1.62. The third kappa shape index (κ3) is 4.62. The zero-order valence-electron chi connectivity index (χ0n) is 17.0. The molecule has 2 aromatic carbocycles. The lowest BCUT2D eigenvalue weighted by Crippen LogP contribution is -2.33. The van der Waals surface area contributed by atoms with Crippen LogP contribution >= 0.6 is 0 Å². The van der Waals surface area contributed by atoms with Gasteiger partial charge in [0.1, 0.15) is 22.8 Å². The summed E-state index contributed by atoms with van der Waals surface area (Å²) >= 11 is 0. The number of aromatic nitrogens is 1. The summed E-state index contributed by atoms with van der Waals surface area (Å²) in [4.78, 5) is 26.9. The third-order valence-corrected chi connectivity index (χ3v) is 4.62. The Balaban J connectivity index is 1.36. The summed E-state index contributed by atoms with van der Waals surface area (Å²) in [6, 6.07) is 18.6. The molecule has 160 valence electrons. The van der Waals surface area contributed by atoms with Crippen molar-refractivity contribution in [2.75, 3.05) is 0 Å². The molecule has 2 aromatic heterocycles. The van der Waals surface area contributed by atoms with E-state index in [4.69, 9.17) is 9.15 Å². The molecule has 0 saturated heterocycles. The van der Waals surface area contributed by atoms with Gasteiger partial charge in [0.05, 0.1) is 11.1 Å². The molecule has 9 heteroatoms. The number of rotatable bonds is 7. The van der Waals surface area contributed by atoms with Crippen LogP contribution in [0.25, 0.3) is 22.2 Å². The molecule has 32 heavy (non-hydrogen) atoms. The Morgan fingerprint density at radius 2 is 1.94 bits per heavy atom. The van der Waals surface area contributed by atoms with Crippen molar-refractivity contribution in [3.63, 3.8) is 0 Å². The fraction of sp³-hybridized carbons (Fsp3) is 0.0870. The van der Waals surface area contributed by atoms with E-state index in [1.807, 2.05) is 24.3 Å². The third-order valence-electron chi connectivity index (χ3n) is 4.62. The fourth-order valence-corrected chi connectivity index (χ4v) is 2.99. The molecule has 0 aliphatic heterocycles. The predicted molar refractivity (Wildman–Crippen MR) is 118 cm³/mol. The molecule has 0 aliphatic carbocycles. The van der Waals surface area contributed by atoms with Crippen molar-refractivity contribution in [3.8, 4) is 17.1 Å². The van der Waals surface area contributed by atoms with Gasteiger partial charge in [0.2, 0.25) is 0 Å². The molecule has 0 saturated carbocycles. The minimum absolute atomic E-state index is 0.000393. The second-order valence-corrected chi connectivity index (χ2v) is 6.83. The fourth-order valence-electron chi connectivity index (χ4n) is 2.99. The first kappa shape index (κ1) is 20.7. The first-order valence-electron chi connectivity index (χ1n) is 9.69. The number of amides is 1. The van der Waals surface area contributed by atoms with E-state index in [2.05, 4.69) is 15.5 Å². The maximum atomic E-state index is 12.3. The molecule has 4 aromatic rings. The van der Waals surface area contributed by atoms with Gasteiger partial charge in [-0.1, -0.05) is 18.2 Å². The Hall–Kier alpha value is -4.53. The van der Waals surface area contributed by atoms with Crippen LogP contribution in [0, 0.1) is 10.1 Å². The lowest BCUT2D eigenvalue weighted by molar-refractivity contribution is -0.384. The normalized spacial score (nSPS) is 12.0. The van der Waals surface area contributed by atoms with Gasteiger partial charge in [0.15, 0.2) is 6.10 Å². The van der Waals surface area contributed by atoms with E-state index in [9.17, 15) is 14.9 Å². The number of ether oxygens (including phenoxy) is 1. The Labute approximate surface area is 182 Å². The van der Waals surface area contributed by atoms with Crippen molar-refractivity contribution in [1.82, 2.24) is 10.4 Å². The minimum Gasteiger partial charge on any atom is -0.479 e. The summed E-state index contributed by atoms with van der Waals surface area (Å²) in [7, 11) is 0. The number of pyridine rings is 1. The Bertz CT molecular complexity index is 1290. The molecule has 1 N–H and O–H groups in total. The number of hydrogen-bond donors (Lipinski definition) is 1. The summed E-state index contributed by atoms with van der Waals surface area (Å²) in [5.41, 5.74) is 3.78. The number of fused-ring (bicyclic) bond motifs is 1. The van der Waals surface area contributed by atoms with Crippen LogP contribution < -0.4 is 10.2 Å². The van der Waals surface area contributed by atoms with E-state index in [1.54, 1.807) is 43.5 Å². The molecule has 0 unspecified atom stereocenters. The van der Waals surface area contributed by atoms with Crippen molar-refractivity contribution in [3.05, 3.63) is 88.8 Å².